The Labute approximate surface area is 147 Å². The zero-order chi connectivity index (χ0) is 17.8. The zero-order valence-corrected chi connectivity index (χ0v) is 14.6. The normalized spacial score (nSPS) is 10.5. The number of benzene rings is 2. The molecule has 3 aromatic rings. The third-order valence-corrected chi connectivity index (χ3v) is 3.92. The van der Waals surface area contributed by atoms with Crippen LogP contribution in [0.1, 0.15) is 33.0 Å². The molecule has 4 heteroatoms. The maximum absolute atomic E-state index is 12.3. The highest BCUT2D eigenvalue weighted by atomic mass is 16.5. The van der Waals surface area contributed by atoms with Crippen LogP contribution in [0.3, 0.4) is 0 Å². The van der Waals surface area contributed by atoms with Gasteiger partial charge in [-0.2, -0.15) is 0 Å². The topological polar surface area (TPSA) is 51.5 Å². The standard InChI is InChI=1S/C21H21NO3/c1-14-4-7-17(8-5-14)24-13-18-9-11-20(25-18)21(23)22-19-10-6-15(2)12-16(19)3/h4-12H,13H2,1-3H3,(H,22,23). The van der Waals surface area contributed by atoms with Crippen LogP contribution in [0.15, 0.2) is 59.0 Å². The fraction of sp³-hybridized carbons (Fsp3) is 0.190. The zero-order valence-electron chi connectivity index (χ0n) is 14.6. The first-order valence-electron chi connectivity index (χ1n) is 8.18. The molecule has 1 heterocycles. The van der Waals surface area contributed by atoms with Crippen molar-refractivity contribution in [2.75, 3.05) is 5.32 Å². The van der Waals surface area contributed by atoms with Crippen LogP contribution in [0.5, 0.6) is 5.75 Å². The van der Waals surface area contributed by atoms with Crippen LogP contribution in [-0.2, 0) is 6.61 Å². The molecule has 1 aromatic heterocycles. The first-order chi connectivity index (χ1) is 12.0. The second kappa shape index (κ2) is 7.26. The van der Waals surface area contributed by atoms with E-state index in [0.29, 0.717) is 5.76 Å². The lowest BCUT2D eigenvalue weighted by molar-refractivity contribution is 0.0992. The average Bonchev–Trinajstić information content (AvgIpc) is 3.06. The van der Waals surface area contributed by atoms with Gasteiger partial charge in [0.15, 0.2) is 5.76 Å². The summed E-state index contributed by atoms with van der Waals surface area (Å²) in [5, 5.41) is 2.87. The maximum atomic E-state index is 12.3. The Bertz CT molecular complexity index is 878. The highest BCUT2D eigenvalue weighted by Crippen LogP contribution is 2.19. The van der Waals surface area contributed by atoms with Gasteiger partial charge < -0.3 is 14.5 Å². The number of carbonyl (C=O) groups excluding carboxylic acids is 1. The molecule has 0 radical (unpaired) electrons. The molecule has 0 spiro atoms. The fourth-order valence-electron chi connectivity index (χ4n) is 2.50. The number of carbonyl (C=O) groups is 1. The van der Waals surface area contributed by atoms with Crippen LogP contribution < -0.4 is 10.1 Å². The number of nitrogens with one attached hydrogen (secondary N) is 1. The van der Waals surface area contributed by atoms with E-state index in [4.69, 9.17) is 9.15 Å². The Kier molecular flexibility index (Phi) is 4.89. The second-order valence-electron chi connectivity index (χ2n) is 6.14. The van der Waals surface area contributed by atoms with Crippen LogP contribution in [0.2, 0.25) is 0 Å². The number of ether oxygens (including phenoxy) is 1. The molecule has 3 rings (SSSR count). The van der Waals surface area contributed by atoms with E-state index in [9.17, 15) is 4.79 Å². The third-order valence-electron chi connectivity index (χ3n) is 3.92. The van der Waals surface area contributed by atoms with E-state index in [2.05, 4.69) is 5.32 Å². The SMILES string of the molecule is Cc1ccc(OCc2ccc(C(=O)Nc3ccc(C)cc3C)o2)cc1. The number of anilines is 1. The largest absolute Gasteiger partial charge is 0.486 e. The van der Waals surface area contributed by atoms with Gasteiger partial charge in [-0.05, 0) is 56.7 Å². The van der Waals surface area contributed by atoms with Crippen molar-refractivity contribution in [1.82, 2.24) is 0 Å². The molecular weight excluding hydrogens is 314 g/mol. The molecular formula is C21H21NO3. The summed E-state index contributed by atoms with van der Waals surface area (Å²) in [6.45, 7) is 6.29. The summed E-state index contributed by atoms with van der Waals surface area (Å²) in [6, 6.07) is 17.1. The van der Waals surface area contributed by atoms with Gasteiger partial charge >= 0.3 is 0 Å². The van der Waals surface area contributed by atoms with E-state index < -0.39 is 0 Å². The summed E-state index contributed by atoms with van der Waals surface area (Å²) in [4.78, 5) is 12.3. The molecule has 0 aliphatic heterocycles. The van der Waals surface area contributed by atoms with Gasteiger partial charge in [-0.25, -0.2) is 0 Å². The fourth-order valence-corrected chi connectivity index (χ4v) is 2.50. The summed E-state index contributed by atoms with van der Waals surface area (Å²) >= 11 is 0. The molecule has 0 saturated carbocycles. The predicted molar refractivity (Wildman–Crippen MR) is 98.1 cm³/mol. The highest BCUT2D eigenvalue weighted by molar-refractivity contribution is 6.02. The smallest absolute Gasteiger partial charge is 0.291 e. The van der Waals surface area contributed by atoms with Gasteiger partial charge in [-0.15, -0.1) is 0 Å². The molecule has 4 nitrogen and oxygen atoms in total. The molecule has 0 atom stereocenters. The van der Waals surface area contributed by atoms with Gasteiger partial charge in [0.2, 0.25) is 0 Å². The van der Waals surface area contributed by atoms with Crippen molar-refractivity contribution in [2.24, 2.45) is 0 Å². The minimum Gasteiger partial charge on any atom is -0.486 e. The summed E-state index contributed by atoms with van der Waals surface area (Å²) in [5.74, 6) is 1.37. The molecule has 0 saturated heterocycles. The number of amides is 1. The molecule has 1 amide bonds. The number of rotatable bonds is 5. The van der Waals surface area contributed by atoms with Crippen molar-refractivity contribution in [2.45, 2.75) is 27.4 Å². The predicted octanol–water partition coefficient (Wildman–Crippen LogP) is 5.04. The van der Waals surface area contributed by atoms with Gasteiger partial charge in [0.05, 0.1) is 0 Å². The minimum atomic E-state index is -0.270. The maximum Gasteiger partial charge on any atom is 0.291 e. The van der Waals surface area contributed by atoms with E-state index >= 15 is 0 Å². The minimum absolute atomic E-state index is 0.266. The third kappa shape index (κ3) is 4.29. The summed E-state index contributed by atoms with van der Waals surface area (Å²) in [7, 11) is 0. The highest BCUT2D eigenvalue weighted by Gasteiger charge is 2.13. The molecule has 128 valence electrons. The molecule has 0 aliphatic carbocycles. The number of hydrogen-bond donors (Lipinski definition) is 1. The Morgan fingerprint density at radius 2 is 1.68 bits per heavy atom. The first-order valence-corrected chi connectivity index (χ1v) is 8.18. The first kappa shape index (κ1) is 16.8. The van der Waals surface area contributed by atoms with Crippen LogP contribution in [0.25, 0.3) is 0 Å². The van der Waals surface area contributed by atoms with Crippen LogP contribution in [0.4, 0.5) is 5.69 Å². The van der Waals surface area contributed by atoms with Crippen molar-refractivity contribution in [3.63, 3.8) is 0 Å². The van der Waals surface area contributed by atoms with E-state index in [1.807, 2.05) is 63.2 Å². The van der Waals surface area contributed by atoms with E-state index in [1.165, 1.54) is 5.56 Å². The molecule has 25 heavy (non-hydrogen) atoms. The molecule has 0 fully saturated rings. The van der Waals surface area contributed by atoms with Crippen molar-refractivity contribution in [1.29, 1.82) is 0 Å². The van der Waals surface area contributed by atoms with Crippen LogP contribution >= 0.6 is 0 Å². The molecule has 2 aromatic carbocycles. The lowest BCUT2D eigenvalue weighted by Gasteiger charge is -2.08. The summed E-state index contributed by atoms with van der Waals surface area (Å²) < 4.78 is 11.3. The van der Waals surface area contributed by atoms with E-state index in [0.717, 1.165) is 22.6 Å². The number of hydrogen-bond acceptors (Lipinski definition) is 3. The Morgan fingerprint density at radius 1 is 0.960 bits per heavy atom. The molecule has 0 bridgehead atoms. The van der Waals surface area contributed by atoms with E-state index in [1.54, 1.807) is 12.1 Å². The number of aryl methyl sites for hydroxylation is 3. The van der Waals surface area contributed by atoms with Crippen molar-refractivity contribution in [3.8, 4) is 5.75 Å². The van der Waals surface area contributed by atoms with Gasteiger partial charge in [0.25, 0.3) is 5.91 Å². The van der Waals surface area contributed by atoms with Crippen LogP contribution in [0, 0.1) is 20.8 Å². The van der Waals surface area contributed by atoms with Gasteiger partial charge in [-0.3, -0.25) is 4.79 Å². The Morgan fingerprint density at radius 3 is 2.40 bits per heavy atom. The monoisotopic (exact) mass is 335 g/mol. The van der Waals surface area contributed by atoms with Gasteiger partial charge in [0, 0.05) is 5.69 Å². The Hall–Kier alpha value is -3.01. The van der Waals surface area contributed by atoms with Crippen molar-refractivity contribution in [3.05, 3.63) is 82.8 Å². The molecule has 1 N–H and O–H groups in total. The van der Waals surface area contributed by atoms with Gasteiger partial charge in [0.1, 0.15) is 18.1 Å². The second-order valence-corrected chi connectivity index (χ2v) is 6.14. The average molecular weight is 335 g/mol. The van der Waals surface area contributed by atoms with Crippen LogP contribution in [-0.4, -0.2) is 5.91 Å². The van der Waals surface area contributed by atoms with Crippen molar-refractivity contribution < 1.29 is 13.9 Å². The van der Waals surface area contributed by atoms with Crippen molar-refractivity contribution >= 4 is 11.6 Å². The summed E-state index contributed by atoms with van der Waals surface area (Å²) in [5.41, 5.74) is 4.13. The Balaban J connectivity index is 1.62. The molecule has 0 aliphatic rings. The number of furan rings is 1. The summed E-state index contributed by atoms with van der Waals surface area (Å²) in [6.07, 6.45) is 0. The lowest BCUT2D eigenvalue weighted by atomic mass is 10.1. The lowest BCUT2D eigenvalue weighted by Crippen LogP contribution is -2.11. The van der Waals surface area contributed by atoms with E-state index in [-0.39, 0.29) is 18.3 Å². The quantitative estimate of drug-likeness (QED) is 0.711. The molecule has 0 unspecified atom stereocenters. The van der Waals surface area contributed by atoms with Gasteiger partial charge in [-0.1, -0.05) is 35.4 Å².